The van der Waals surface area contributed by atoms with Gasteiger partial charge >= 0.3 is 0 Å². The topological polar surface area (TPSA) is 32.3 Å². The monoisotopic (exact) mass is 264 g/mol. The van der Waals surface area contributed by atoms with E-state index in [4.69, 9.17) is 0 Å². The van der Waals surface area contributed by atoms with Crippen molar-refractivity contribution < 1.29 is 4.79 Å². The maximum Gasteiger partial charge on any atom is 0.251 e. The van der Waals surface area contributed by atoms with Crippen molar-refractivity contribution in [3.05, 3.63) is 29.8 Å². The van der Waals surface area contributed by atoms with E-state index < -0.39 is 0 Å². The lowest BCUT2D eigenvalue weighted by atomic mass is 10.1. The second-order valence-corrected chi connectivity index (χ2v) is 5.98. The summed E-state index contributed by atoms with van der Waals surface area (Å²) in [5, 5.41) is 3.11. The van der Waals surface area contributed by atoms with E-state index in [1.807, 2.05) is 55.0 Å². The van der Waals surface area contributed by atoms with Crippen LogP contribution in [0.1, 0.15) is 23.2 Å². The van der Waals surface area contributed by atoms with Crippen molar-refractivity contribution in [3.8, 4) is 0 Å². The Morgan fingerprint density at radius 3 is 2.61 bits per heavy atom. The number of hydrogen-bond acceptors (Lipinski definition) is 3. The zero-order chi connectivity index (χ0) is 13.0. The van der Waals surface area contributed by atoms with Gasteiger partial charge in [0.25, 0.3) is 5.91 Å². The molecular formula is C14H20N2OS. The summed E-state index contributed by atoms with van der Waals surface area (Å²) in [7, 11) is 3.99. The number of amides is 1. The van der Waals surface area contributed by atoms with Crippen LogP contribution < -0.4 is 10.2 Å². The van der Waals surface area contributed by atoms with Gasteiger partial charge in [-0.3, -0.25) is 4.79 Å². The van der Waals surface area contributed by atoms with E-state index in [2.05, 4.69) is 5.32 Å². The standard InChI is InChI=1S/C14H20N2OS/c1-16(2)13-7-5-11(6-8-13)14(17)15-12-4-3-9-18-10-12/h5-8,12H,3-4,9-10H2,1-2H3,(H,15,17). The summed E-state index contributed by atoms with van der Waals surface area (Å²) >= 11 is 1.93. The van der Waals surface area contributed by atoms with Gasteiger partial charge in [-0.2, -0.15) is 11.8 Å². The van der Waals surface area contributed by atoms with Gasteiger partial charge in [0.15, 0.2) is 0 Å². The second-order valence-electron chi connectivity index (χ2n) is 4.83. The molecule has 0 aliphatic carbocycles. The van der Waals surface area contributed by atoms with Crippen LogP contribution in [0, 0.1) is 0 Å². The molecule has 0 bridgehead atoms. The molecule has 1 atom stereocenters. The summed E-state index contributed by atoms with van der Waals surface area (Å²) in [5.41, 5.74) is 1.86. The molecule has 0 aromatic heterocycles. The summed E-state index contributed by atoms with van der Waals surface area (Å²) in [4.78, 5) is 14.1. The number of thioether (sulfide) groups is 1. The lowest BCUT2D eigenvalue weighted by Gasteiger charge is -2.22. The number of carbonyl (C=O) groups excluding carboxylic acids is 1. The number of carbonyl (C=O) groups is 1. The van der Waals surface area contributed by atoms with Crippen LogP contribution in [0.25, 0.3) is 0 Å². The molecule has 1 fully saturated rings. The molecule has 98 valence electrons. The Hall–Kier alpha value is -1.16. The van der Waals surface area contributed by atoms with Crippen molar-refractivity contribution in [1.82, 2.24) is 5.32 Å². The molecule has 18 heavy (non-hydrogen) atoms. The third-order valence-corrected chi connectivity index (χ3v) is 4.36. The summed E-state index contributed by atoms with van der Waals surface area (Å²) in [6.07, 6.45) is 2.31. The summed E-state index contributed by atoms with van der Waals surface area (Å²) in [6.45, 7) is 0. The molecule has 4 heteroatoms. The van der Waals surface area contributed by atoms with Crippen LogP contribution in [-0.2, 0) is 0 Å². The largest absolute Gasteiger partial charge is 0.378 e. The molecule has 1 unspecified atom stereocenters. The zero-order valence-electron chi connectivity index (χ0n) is 11.0. The SMILES string of the molecule is CN(C)c1ccc(C(=O)NC2CCCSC2)cc1. The first-order valence-corrected chi connectivity index (χ1v) is 7.48. The van der Waals surface area contributed by atoms with Crippen LogP contribution in [-0.4, -0.2) is 37.6 Å². The lowest BCUT2D eigenvalue weighted by molar-refractivity contribution is 0.0938. The number of nitrogens with one attached hydrogen (secondary N) is 1. The van der Waals surface area contributed by atoms with E-state index in [-0.39, 0.29) is 5.91 Å². The van der Waals surface area contributed by atoms with Crippen molar-refractivity contribution in [1.29, 1.82) is 0 Å². The van der Waals surface area contributed by atoms with Gasteiger partial charge in [0.05, 0.1) is 0 Å². The molecule has 3 nitrogen and oxygen atoms in total. The van der Waals surface area contributed by atoms with Crippen molar-refractivity contribution in [2.45, 2.75) is 18.9 Å². The minimum absolute atomic E-state index is 0.0489. The van der Waals surface area contributed by atoms with Crippen LogP contribution in [0.3, 0.4) is 0 Å². The molecular weight excluding hydrogens is 244 g/mol. The molecule has 2 rings (SSSR count). The minimum atomic E-state index is 0.0489. The first-order chi connectivity index (χ1) is 8.66. The highest BCUT2D eigenvalue weighted by atomic mass is 32.2. The fourth-order valence-corrected chi connectivity index (χ4v) is 3.11. The lowest BCUT2D eigenvalue weighted by Crippen LogP contribution is -2.38. The molecule has 0 saturated carbocycles. The predicted molar refractivity (Wildman–Crippen MR) is 78.6 cm³/mol. The number of hydrogen-bond donors (Lipinski definition) is 1. The minimum Gasteiger partial charge on any atom is -0.378 e. The highest BCUT2D eigenvalue weighted by Crippen LogP contribution is 2.18. The van der Waals surface area contributed by atoms with E-state index in [0.717, 1.165) is 23.4 Å². The predicted octanol–water partition coefficient (Wildman–Crippen LogP) is 2.38. The van der Waals surface area contributed by atoms with Crippen LogP contribution >= 0.6 is 11.8 Å². The van der Waals surface area contributed by atoms with Crippen LogP contribution in [0.4, 0.5) is 5.69 Å². The van der Waals surface area contributed by atoms with Gasteiger partial charge in [-0.1, -0.05) is 0 Å². The number of rotatable bonds is 3. The van der Waals surface area contributed by atoms with Crippen molar-refractivity contribution in [3.63, 3.8) is 0 Å². The zero-order valence-corrected chi connectivity index (χ0v) is 11.8. The van der Waals surface area contributed by atoms with E-state index in [1.165, 1.54) is 12.2 Å². The van der Waals surface area contributed by atoms with E-state index >= 15 is 0 Å². The van der Waals surface area contributed by atoms with Gasteiger partial charge < -0.3 is 10.2 Å². The molecule has 1 aliphatic heterocycles. The Balaban J connectivity index is 1.95. The number of nitrogens with zero attached hydrogens (tertiary/aromatic N) is 1. The third kappa shape index (κ3) is 3.42. The van der Waals surface area contributed by atoms with Crippen molar-refractivity contribution in [2.75, 3.05) is 30.5 Å². The summed E-state index contributed by atoms with van der Waals surface area (Å²) in [5.74, 6) is 2.32. The molecule has 1 N–H and O–H groups in total. The summed E-state index contributed by atoms with van der Waals surface area (Å²) < 4.78 is 0. The smallest absolute Gasteiger partial charge is 0.251 e. The highest BCUT2D eigenvalue weighted by molar-refractivity contribution is 7.99. The first-order valence-electron chi connectivity index (χ1n) is 6.33. The van der Waals surface area contributed by atoms with Crippen molar-refractivity contribution >= 4 is 23.4 Å². The molecule has 1 aromatic rings. The second kappa shape index (κ2) is 6.14. The fraction of sp³-hybridized carbons (Fsp3) is 0.500. The highest BCUT2D eigenvalue weighted by Gasteiger charge is 2.16. The summed E-state index contributed by atoms with van der Waals surface area (Å²) in [6, 6.07) is 8.07. The number of anilines is 1. The third-order valence-electron chi connectivity index (χ3n) is 3.14. The van der Waals surface area contributed by atoms with E-state index in [1.54, 1.807) is 0 Å². The van der Waals surface area contributed by atoms with Gasteiger partial charge in [0, 0.05) is 37.1 Å². The van der Waals surface area contributed by atoms with E-state index in [9.17, 15) is 4.79 Å². The molecule has 1 saturated heterocycles. The van der Waals surface area contributed by atoms with E-state index in [0.29, 0.717) is 6.04 Å². The molecule has 1 aliphatic rings. The van der Waals surface area contributed by atoms with Gasteiger partial charge in [-0.15, -0.1) is 0 Å². The van der Waals surface area contributed by atoms with Gasteiger partial charge in [-0.25, -0.2) is 0 Å². The molecule has 1 aromatic carbocycles. The fourth-order valence-electron chi connectivity index (χ4n) is 2.03. The van der Waals surface area contributed by atoms with Crippen LogP contribution in [0.5, 0.6) is 0 Å². The average molecular weight is 264 g/mol. The van der Waals surface area contributed by atoms with Crippen LogP contribution in [0.2, 0.25) is 0 Å². The molecule has 0 radical (unpaired) electrons. The maximum atomic E-state index is 12.1. The normalized spacial score (nSPS) is 19.3. The van der Waals surface area contributed by atoms with Crippen LogP contribution in [0.15, 0.2) is 24.3 Å². The molecule has 0 spiro atoms. The quantitative estimate of drug-likeness (QED) is 0.909. The molecule has 1 amide bonds. The van der Waals surface area contributed by atoms with Gasteiger partial charge in [-0.05, 0) is 42.9 Å². The van der Waals surface area contributed by atoms with Gasteiger partial charge in [0.1, 0.15) is 0 Å². The first kappa shape index (κ1) is 13.3. The van der Waals surface area contributed by atoms with Gasteiger partial charge in [0.2, 0.25) is 0 Å². The average Bonchev–Trinajstić information content (AvgIpc) is 2.40. The Bertz CT molecular complexity index is 397. The number of benzene rings is 1. The molecule has 1 heterocycles. The Labute approximate surface area is 113 Å². The Morgan fingerprint density at radius 1 is 1.33 bits per heavy atom. The van der Waals surface area contributed by atoms with Crippen molar-refractivity contribution in [2.24, 2.45) is 0 Å². The Morgan fingerprint density at radius 2 is 2.06 bits per heavy atom. The Kier molecular flexibility index (Phi) is 4.53. The maximum absolute atomic E-state index is 12.1.